The average Bonchev–Trinajstić information content (AvgIpc) is 2.76. The van der Waals surface area contributed by atoms with E-state index in [4.69, 9.17) is 36.1 Å². The minimum Gasteiger partial charge on any atom is -0.386 e. The lowest BCUT2D eigenvalue weighted by atomic mass is 9.84. The van der Waals surface area contributed by atoms with Crippen LogP contribution in [-0.2, 0) is 18.9 Å². The van der Waals surface area contributed by atoms with Gasteiger partial charge in [0.25, 0.3) is 0 Å². The molecule has 0 radical (unpaired) electrons. The third-order valence-corrected chi connectivity index (χ3v) is 7.20. The molecule has 13 unspecified atom stereocenters. The number of rotatable bonds is 7. The molecule has 0 bridgehead atoms. The number of ether oxygens (including phenoxy) is 4. The van der Waals surface area contributed by atoms with Crippen molar-refractivity contribution in [3.05, 3.63) is 0 Å². The Labute approximate surface area is 194 Å². The summed E-state index contributed by atoms with van der Waals surface area (Å²) in [4.78, 5) is 0. The maximum Gasteiger partial charge on any atom is 0.185 e. The van der Waals surface area contributed by atoms with Gasteiger partial charge in [0.05, 0.1) is 24.8 Å². The highest BCUT2D eigenvalue weighted by molar-refractivity contribution is 5.02. The number of nitrogens with two attached hydrogens (primary N) is 3. The normalized spacial score (nSPS) is 50.2. The SMILES string of the molecule is CNC(C)C1CCC(N)C(OC2C(N)CC(N)C(OC3OCC(C)(O)C(NC)C3O)C2F)O1. The van der Waals surface area contributed by atoms with Gasteiger partial charge in [0.2, 0.25) is 0 Å². The van der Waals surface area contributed by atoms with E-state index in [-0.39, 0.29) is 25.2 Å². The number of aliphatic hydroxyl groups is 2. The van der Waals surface area contributed by atoms with Crippen molar-refractivity contribution >= 4 is 0 Å². The molecule has 3 rings (SSSR count). The van der Waals surface area contributed by atoms with Gasteiger partial charge in [0.15, 0.2) is 18.8 Å². The van der Waals surface area contributed by atoms with Gasteiger partial charge < -0.3 is 57.0 Å². The Kier molecular flexibility index (Phi) is 9.06. The Morgan fingerprint density at radius 3 is 2.24 bits per heavy atom. The van der Waals surface area contributed by atoms with Crippen molar-refractivity contribution in [1.82, 2.24) is 10.6 Å². The summed E-state index contributed by atoms with van der Waals surface area (Å²) < 4.78 is 39.1. The van der Waals surface area contributed by atoms with E-state index in [2.05, 4.69) is 10.6 Å². The first-order valence-electron chi connectivity index (χ1n) is 11.7. The molecular weight excluding hydrogens is 437 g/mol. The third-order valence-electron chi connectivity index (χ3n) is 7.20. The van der Waals surface area contributed by atoms with Gasteiger partial charge in [0, 0.05) is 18.1 Å². The molecule has 2 heterocycles. The highest BCUT2D eigenvalue weighted by atomic mass is 19.1. The van der Waals surface area contributed by atoms with Crippen LogP contribution in [0.25, 0.3) is 0 Å². The molecule has 13 atom stereocenters. The van der Waals surface area contributed by atoms with Crippen molar-refractivity contribution < 1.29 is 33.6 Å². The van der Waals surface area contributed by atoms with E-state index in [1.807, 2.05) is 14.0 Å². The number of hydrogen-bond donors (Lipinski definition) is 7. The zero-order valence-electron chi connectivity index (χ0n) is 19.9. The number of nitrogens with one attached hydrogen (secondary N) is 2. The summed E-state index contributed by atoms with van der Waals surface area (Å²) in [6.07, 6.45) is -5.57. The van der Waals surface area contributed by atoms with Crippen LogP contribution in [0.1, 0.15) is 33.1 Å². The van der Waals surface area contributed by atoms with Crippen LogP contribution in [0.3, 0.4) is 0 Å². The minimum absolute atomic E-state index is 0.0802. The highest BCUT2D eigenvalue weighted by Gasteiger charge is 2.51. The second-order valence-electron chi connectivity index (χ2n) is 9.86. The van der Waals surface area contributed by atoms with Crippen LogP contribution >= 0.6 is 0 Å². The average molecular weight is 480 g/mol. The molecule has 0 aromatic heterocycles. The standard InChI is InChI=1S/C21H42FN5O6/c1-9(26-3)13-6-5-10(23)19(31-13)32-16-11(24)7-12(25)17(14(16)22)33-20-15(28)18(27-4)21(2,29)8-30-20/h9-20,26-29H,5-8,23-25H2,1-4H3. The van der Waals surface area contributed by atoms with Gasteiger partial charge in [-0.3, -0.25) is 0 Å². The molecule has 3 aliphatic rings. The molecule has 2 saturated heterocycles. The maximum absolute atomic E-state index is 15.7. The summed E-state index contributed by atoms with van der Waals surface area (Å²) in [5, 5.41) is 27.1. The van der Waals surface area contributed by atoms with Crippen molar-refractivity contribution in [3.8, 4) is 0 Å². The fourth-order valence-corrected chi connectivity index (χ4v) is 4.99. The van der Waals surface area contributed by atoms with E-state index in [0.717, 1.165) is 6.42 Å². The predicted molar refractivity (Wildman–Crippen MR) is 119 cm³/mol. The Hall–Kier alpha value is -0.510. The van der Waals surface area contributed by atoms with E-state index in [9.17, 15) is 10.2 Å². The van der Waals surface area contributed by atoms with E-state index < -0.39 is 66.8 Å². The molecule has 0 aromatic rings. The minimum atomic E-state index is -1.70. The van der Waals surface area contributed by atoms with Crippen LogP contribution in [-0.4, -0.2) is 110 Å². The lowest BCUT2D eigenvalue weighted by Gasteiger charge is -2.48. The van der Waals surface area contributed by atoms with Crippen LogP contribution in [0.15, 0.2) is 0 Å². The Morgan fingerprint density at radius 2 is 1.67 bits per heavy atom. The van der Waals surface area contributed by atoms with Crippen LogP contribution in [0.5, 0.6) is 0 Å². The second kappa shape index (κ2) is 11.0. The predicted octanol–water partition coefficient (Wildman–Crippen LogP) is -2.35. The summed E-state index contributed by atoms with van der Waals surface area (Å²) in [5.41, 5.74) is 17.3. The van der Waals surface area contributed by atoms with Crippen LogP contribution < -0.4 is 27.8 Å². The fourth-order valence-electron chi connectivity index (χ4n) is 4.99. The molecule has 33 heavy (non-hydrogen) atoms. The largest absolute Gasteiger partial charge is 0.386 e. The third kappa shape index (κ3) is 5.84. The van der Waals surface area contributed by atoms with Crippen LogP contribution in [0.2, 0.25) is 0 Å². The number of alkyl halides is 1. The highest BCUT2D eigenvalue weighted by Crippen LogP contribution is 2.33. The van der Waals surface area contributed by atoms with Gasteiger partial charge in [-0.2, -0.15) is 0 Å². The summed E-state index contributed by atoms with van der Waals surface area (Å²) in [5.74, 6) is 0. The van der Waals surface area contributed by atoms with Gasteiger partial charge in [-0.15, -0.1) is 0 Å². The van der Waals surface area contributed by atoms with E-state index in [1.54, 1.807) is 7.05 Å². The number of aliphatic hydroxyl groups excluding tert-OH is 1. The number of hydrogen-bond acceptors (Lipinski definition) is 11. The van der Waals surface area contributed by atoms with Crippen molar-refractivity contribution in [3.63, 3.8) is 0 Å². The zero-order valence-corrected chi connectivity index (χ0v) is 19.9. The van der Waals surface area contributed by atoms with Gasteiger partial charge in [-0.1, -0.05) is 0 Å². The molecule has 0 amide bonds. The first kappa shape index (κ1) is 27.1. The molecule has 1 aliphatic carbocycles. The molecule has 1 saturated carbocycles. The monoisotopic (exact) mass is 479 g/mol. The first-order valence-corrected chi connectivity index (χ1v) is 11.7. The second-order valence-corrected chi connectivity index (χ2v) is 9.86. The van der Waals surface area contributed by atoms with E-state index in [1.165, 1.54) is 6.92 Å². The molecule has 11 nitrogen and oxygen atoms in total. The summed E-state index contributed by atoms with van der Waals surface area (Å²) in [6.45, 7) is 3.43. The van der Waals surface area contributed by atoms with E-state index in [0.29, 0.717) is 6.42 Å². The number of halogens is 1. The van der Waals surface area contributed by atoms with Crippen molar-refractivity contribution in [2.75, 3.05) is 20.7 Å². The van der Waals surface area contributed by atoms with Crippen LogP contribution in [0, 0.1) is 0 Å². The Balaban J connectivity index is 1.68. The van der Waals surface area contributed by atoms with Crippen LogP contribution in [0.4, 0.5) is 4.39 Å². The Morgan fingerprint density at radius 1 is 1.06 bits per heavy atom. The molecule has 2 aliphatic heterocycles. The maximum atomic E-state index is 15.7. The van der Waals surface area contributed by atoms with Crippen molar-refractivity contribution in [2.24, 2.45) is 17.2 Å². The summed E-state index contributed by atoms with van der Waals surface area (Å²) in [6, 6.07) is -2.49. The van der Waals surface area contributed by atoms with Gasteiger partial charge >= 0.3 is 0 Å². The molecule has 3 fully saturated rings. The topological polar surface area (TPSA) is 179 Å². The lowest BCUT2D eigenvalue weighted by molar-refractivity contribution is -0.301. The zero-order chi connectivity index (χ0) is 24.5. The van der Waals surface area contributed by atoms with Gasteiger partial charge in [0.1, 0.15) is 23.9 Å². The molecule has 12 heteroatoms. The smallest absolute Gasteiger partial charge is 0.185 e. The Bertz CT molecular complexity index is 636. The molecule has 0 aromatic carbocycles. The molecule has 10 N–H and O–H groups in total. The van der Waals surface area contributed by atoms with Gasteiger partial charge in [-0.05, 0) is 47.2 Å². The van der Waals surface area contributed by atoms with Crippen molar-refractivity contribution in [2.45, 2.75) is 112 Å². The molecular formula is C21H42FN5O6. The fraction of sp³-hybridized carbons (Fsp3) is 1.00. The lowest BCUT2D eigenvalue weighted by Crippen LogP contribution is -2.68. The van der Waals surface area contributed by atoms with Crippen molar-refractivity contribution in [1.29, 1.82) is 0 Å². The number of likely N-dealkylation sites (N-methyl/N-ethyl adjacent to an activating group) is 2. The summed E-state index contributed by atoms with van der Waals surface area (Å²) in [7, 11) is 3.45. The van der Waals surface area contributed by atoms with Gasteiger partial charge in [-0.25, -0.2) is 4.39 Å². The first-order chi connectivity index (χ1) is 15.5. The quantitative estimate of drug-likeness (QED) is 0.208. The summed E-state index contributed by atoms with van der Waals surface area (Å²) >= 11 is 0. The molecule has 0 spiro atoms. The molecule has 194 valence electrons. The van der Waals surface area contributed by atoms with E-state index >= 15 is 4.39 Å².